The zero-order valence-corrected chi connectivity index (χ0v) is 19.4. The number of halogens is 1. The largest absolute Gasteiger partial charge is 0.488 e. The summed E-state index contributed by atoms with van der Waals surface area (Å²) in [5.41, 5.74) is 4.08. The number of urea groups is 1. The summed E-state index contributed by atoms with van der Waals surface area (Å²) in [6, 6.07) is 22.0. The van der Waals surface area contributed by atoms with Crippen LogP contribution >= 0.6 is 15.9 Å². The summed E-state index contributed by atoms with van der Waals surface area (Å²) in [5.74, 6) is 0.124. The van der Waals surface area contributed by atoms with E-state index in [-0.39, 0.29) is 18.8 Å². The molecule has 1 fully saturated rings. The fourth-order valence-electron chi connectivity index (χ4n) is 3.42. The number of hydrogen-bond acceptors (Lipinski definition) is 4. The van der Waals surface area contributed by atoms with Gasteiger partial charge in [0, 0.05) is 15.6 Å². The lowest BCUT2D eigenvalue weighted by atomic mass is 10.1. The number of aryl methyl sites for hydroxylation is 1. The van der Waals surface area contributed by atoms with E-state index >= 15 is 0 Å². The topological polar surface area (TPSA) is 82.4 Å². The van der Waals surface area contributed by atoms with Gasteiger partial charge in [0.2, 0.25) is 0 Å². The maximum atomic E-state index is 12.9. The van der Waals surface area contributed by atoms with Crippen LogP contribution in [0.25, 0.3) is 6.08 Å². The smallest absolute Gasteiger partial charge is 0.329 e. The summed E-state index contributed by atoms with van der Waals surface area (Å²) in [4.78, 5) is 26.6. The van der Waals surface area contributed by atoms with Crippen molar-refractivity contribution >= 4 is 33.9 Å². The molecule has 4 rings (SSSR count). The molecule has 7 heteroatoms. The number of ether oxygens (including phenoxy) is 1. The molecule has 0 unspecified atom stereocenters. The molecule has 3 amide bonds. The maximum Gasteiger partial charge on any atom is 0.329 e. The van der Waals surface area contributed by atoms with Crippen LogP contribution in [0.5, 0.6) is 5.75 Å². The van der Waals surface area contributed by atoms with Crippen molar-refractivity contribution in [1.82, 2.24) is 10.2 Å². The first-order valence-electron chi connectivity index (χ1n) is 10.2. The Balaban J connectivity index is 1.56. The average Bonchev–Trinajstić information content (AvgIpc) is 3.07. The maximum absolute atomic E-state index is 12.9. The minimum absolute atomic E-state index is 0.174. The summed E-state index contributed by atoms with van der Waals surface area (Å²) >= 11 is 3.44. The molecule has 164 valence electrons. The number of imide groups is 1. The molecule has 33 heavy (non-hydrogen) atoms. The standard InChI is InChI=1S/C26H20BrN3O3/c1-17-6-8-18(9-7-17)15-30-25(31)23(29-26(30)32)13-21-12-22(27)10-11-24(21)33-16-20-5-3-2-4-19(20)14-28/h2-13H,15-16H2,1H3,(H,29,32)/b23-13+. The van der Waals surface area contributed by atoms with E-state index in [4.69, 9.17) is 4.74 Å². The van der Waals surface area contributed by atoms with Gasteiger partial charge in [-0.15, -0.1) is 0 Å². The normalized spacial score (nSPS) is 14.3. The van der Waals surface area contributed by atoms with Crippen LogP contribution in [0.1, 0.15) is 27.8 Å². The second-order valence-corrected chi connectivity index (χ2v) is 8.52. The summed E-state index contributed by atoms with van der Waals surface area (Å²) in [7, 11) is 0. The molecular formula is C26H20BrN3O3. The van der Waals surface area contributed by atoms with E-state index in [0.717, 1.165) is 21.2 Å². The predicted molar refractivity (Wildman–Crippen MR) is 128 cm³/mol. The summed E-state index contributed by atoms with van der Waals surface area (Å²) < 4.78 is 6.77. The number of carbonyl (C=O) groups is 2. The number of hydrogen-bond donors (Lipinski definition) is 1. The highest BCUT2D eigenvalue weighted by Crippen LogP contribution is 2.28. The average molecular weight is 502 g/mol. The Labute approximate surface area is 200 Å². The third-order valence-corrected chi connectivity index (χ3v) is 5.71. The second-order valence-electron chi connectivity index (χ2n) is 7.60. The van der Waals surface area contributed by atoms with E-state index in [9.17, 15) is 14.9 Å². The van der Waals surface area contributed by atoms with Gasteiger partial charge >= 0.3 is 6.03 Å². The lowest BCUT2D eigenvalue weighted by molar-refractivity contribution is -0.123. The molecule has 0 saturated carbocycles. The van der Waals surface area contributed by atoms with Crippen LogP contribution in [0, 0.1) is 18.3 Å². The first-order chi connectivity index (χ1) is 15.9. The van der Waals surface area contributed by atoms with Gasteiger partial charge in [-0.05, 0) is 42.8 Å². The van der Waals surface area contributed by atoms with Crippen LogP contribution in [-0.2, 0) is 17.9 Å². The van der Waals surface area contributed by atoms with Gasteiger partial charge in [0.05, 0.1) is 18.2 Å². The van der Waals surface area contributed by atoms with E-state index in [1.165, 1.54) is 4.90 Å². The van der Waals surface area contributed by atoms with Gasteiger partial charge in [0.1, 0.15) is 18.1 Å². The summed E-state index contributed by atoms with van der Waals surface area (Å²) in [6.45, 7) is 2.37. The van der Waals surface area contributed by atoms with Crippen molar-refractivity contribution in [2.45, 2.75) is 20.1 Å². The molecule has 1 N–H and O–H groups in total. The van der Waals surface area contributed by atoms with E-state index in [1.54, 1.807) is 30.3 Å². The lowest BCUT2D eigenvalue weighted by Crippen LogP contribution is -2.30. The minimum atomic E-state index is -0.466. The third kappa shape index (κ3) is 5.13. The van der Waals surface area contributed by atoms with Crippen LogP contribution in [0.2, 0.25) is 0 Å². The van der Waals surface area contributed by atoms with E-state index in [1.807, 2.05) is 49.4 Å². The van der Waals surface area contributed by atoms with Crippen molar-refractivity contribution in [1.29, 1.82) is 5.26 Å². The number of nitrogens with zero attached hydrogens (tertiary/aromatic N) is 2. The zero-order chi connectivity index (χ0) is 23.4. The molecule has 3 aromatic rings. The molecule has 0 spiro atoms. The molecule has 0 aliphatic carbocycles. The molecule has 0 atom stereocenters. The lowest BCUT2D eigenvalue weighted by Gasteiger charge is -2.12. The first-order valence-corrected chi connectivity index (χ1v) is 11.0. The van der Waals surface area contributed by atoms with Crippen molar-refractivity contribution in [2.24, 2.45) is 0 Å². The number of rotatable bonds is 6. The van der Waals surface area contributed by atoms with Crippen molar-refractivity contribution in [3.05, 3.63) is 105 Å². The van der Waals surface area contributed by atoms with Crippen LogP contribution < -0.4 is 10.1 Å². The Kier molecular flexibility index (Phi) is 6.57. The molecule has 1 aliphatic rings. The molecule has 3 aromatic carbocycles. The fourth-order valence-corrected chi connectivity index (χ4v) is 3.80. The molecule has 6 nitrogen and oxygen atoms in total. The van der Waals surface area contributed by atoms with E-state index in [0.29, 0.717) is 16.9 Å². The van der Waals surface area contributed by atoms with Crippen LogP contribution in [0.3, 0.4) is 0 Å². The fraction of sp³-hybridized carbons (Fsp3) is 0.115. The SMILES string of the molecule is Cc1ccc(CN2C(=O)N/C(=C/c3cc(Br)ccc3OCc3ccccc3C#N)C2=O)cc1. The van der Waals surface area contributed by atoms with Crippen LogP contribution in [0.4, 0.5) is 4.79 Å². The van der Waals surface area contributed by atoms with E-state index < -0.39 is 11.9 Å². The van der Waals surface area contributed by atoms with Gasteiger partial charge in [-0.3, -0.25) is 9.69 Å². The van der Waals surface area contributed by atoms with Gasteiger partial charge in [-0.25, -0.2) is 4.79 Å². The Hall–Kier alpha value is -3.89. The first kappa shape index (κ1) is 22.3. The number of amides is 3. The molecule has 1 aliphatic heterocycles. The summed E-state index contributed by atoms with van der Waals surface area (Å²) in [6.07, 6.45) is 1.60. The molecular weight excluding hydrogens is 482 g/mol. The third-order valence-electron chi connectivity index (χ3n) is 5.22. The van der Waals surface area contributed by atoms with Gasteiger partial charge in [0.15, 0.2) is 0 Å². The Bertz CT molecular complexity index is 1290. The Morgan fingerprint density at radius 1 is 1.09 bits per heavy atom. The highest BCUT2D eigenvalue weighted by atomic mass is 79.9. The highest BCUT2D eigenvalue weighted by Gasteiger charge is 2.33. The van der Waals surface area contributed by atoms with Crippen molar-refractivity contribution in [2.75, 3.05) is 0 Å². The van der Waals surface area contributed by atoms with Crippen LogP contribution in [-0.4, -0.2) is 16.8 Å². The van der Waals surface area contributed by atoms with Gasteiger partial charge in [0.25, 0.3) is 5.91 Å². The molecule has 0 bridgehead atoms. The van der Waals surface area contributed by atoms with Gasteiger partial charge in [-0.1, -0.05) is 64.0 Å². The van der Waals surface area contributed by atoms with Crippen molar-refractivity contribution < 1.29 is 14.3 Å². The van der Waals surface area contributed by atoms with Gasteiger partial charge < -0.3 is 10.1 Å². The number of nitrogens with one attached hydrogen (secondary N) is 1. The zero-order valence-electron chi connectivity index (χ0n) is 17.8. The van der Waals surface area contributed by atoms with Crippen molar-refractivity contribution in [3.63, 3.8) is 0 Å². The summed E-state index contributed by atoms with van der Waals surface area (Å²) in [5, 5.41) is 11.9. The van der Waals surface area contributed by atoms with E-state index in [2.05, 4.69) is 27.3 Å². The molecule has 1 heterocycles. The number of nitriles is 1. The van der Waals surface area contributed by atoms with Crippen LogP contribution in [0.15, 0.2) is 76.9 Å². The van der Waals surface area contributed by atoms with Crippen molar-refractivity contribution in [3.8, 4) is 11.8 Å². The Morgan fingerprint density at radius 2 is 1.85 bits per heavy atom. The number of carbonyl (C=O) groups excluding carboxylic acids is 2. The quantitative estimate of drug-likeness (QED) is 0.366. The predicted octanol–water partition coefficient (Wildman–Crippen LogP) is 5.30. The molecule has 0 radical (unpaired) electrons. The highest BCUT2D eigenvalue weighted by molar-refractivity contribution is 9.10. The monoisotopic (exact) mass is 501 g/mol. The second kappa shape index (κ2) is 9.72. The number of benzene rings is 3. The molecule has 1 saturated heterocycles. The van der Waals surface area contributed by atoms with Gasteiger partial charge in [-0.2, -0.15) is 5.26 Å². The molecule has 0 aromatic heterocycles. The minimum Gasteiger partial charge on any atom is -0.488 e. The Morgan fingerprint density at radius 3 is 2.61 bits per heavy atom.